The lowest BCUT2D eigenvalue weighted by atomic mass is 9.85. The van der Waals surface area contributed by atoms with Gasteiger partial charge in [0.1, 0.15) is 9.79 Å². The first-order chi connectivity index (χ1) is 20.5. The van der Waals surface area contributed by atoms with Crippen molar-refractivity contribution in [2.24, 2.45) is 5.73 Å². The van der Waals surface area contributed by atoms with E-state index in [1.807, 2.05) is 0 Å². The second kappa shape index (κ2) is 9.50. The normalized spacial score (nSPS) is 15.7. The Balaban J connectivity index is 1.54. The number of carbonyl (C=O) groups is 4. The molecular formula is C28H20N4O10S2. The van der Waals surface area contributed by atoms with Crippen molar-refractivity contribution in [1.82, 2.24) is 4.90 Å². The fraction of sp³-hybridized carbons (Fsp3) is 0.0714. The second-order valence-corrected chi connectivity index (χ2v) is 12.9. The highest BCUT2D eigenvalue weighted by atomic mass is 32.2. The summed E-state index contributed by atoms with van der Waals surface area (Å²) in [5.41, 5.74) is 10.4. The van der Waals surface area contributed by atoms with Crippen molar-refractivity contribution in [2.75, 3.05) is 10.6 Å². The summed E-state index contributed by atoms with van der Waals surface area (Å²) < 4.78 is 68.9. The first-order valence-corrected chi connectivity index (χ1v) is 15.5. The maximum atomic E-state index is 13.8. The Morgan fingerprint density at radius 3 is 1.43 bits per heavy atom. The molecule has 2 heterocycles. The summed E-state index contributed by atoms with van der Waals surface area (Å²) in [5, 5.41) is 0.159. The Morgan fingerprint density at radius 1 is 0.614 bits per heavy atom. The van der Waals surface area contributed by atoms with Crippen molar-refractivity contribution >= 4 is 66.0 Å². The molecule has 0 radical (unpaired) electrons. The highest BCUT2D eigenvalue weighted by molar-refractivity contribution is 7.86. The van der Waals surface area contributed by atoms with Gasteiger partial charge in [-0.05, 0) is 55.5 Å². The SMILES string of the molecule is CC(N)N1C(=O)c2ccc3c4c(ccc(c24)C1=O)C(=O)N(c1ccc(-c2ccc(N)cc2S(=O)(=O)O)c(S(=O)(=O)O)c1)C3=O. The van der Waals surface area contributed by atoms with E-state index in [2.05, 4.69) is 0 Å². The van der Waals surface area contributed by atoms with Crippen LogP contribution in [0.25, 0.3) is 21.9 Å². The average Bonchev–Trinajstić information content (AvgIpc) is 2.93. The van der Waals surface area contributed by atoms with Crippen LogP contribution in [0.1, 0.15) is 48.4 Å². The van der Waals surface area contributed by atoms with Gasteiger partial charge in [-0.25, -0.2) is 4.90 Å². The molecule has 0 saturated heterocycles. The lowest BCUT2D eigenvalue weighted by Crippen LogP contribution is -2.50. The van der Waals surface area contributed by atoms with Gasteiger partial charge in [-0.3, -0.25) is 33.2 Å². The van der Waals surface area contributed by atoms with Gasteiger partial charge in [-0.1, -0.05) is 12.1 Å². The molecule has 0 spiro atoms. The predicted molar refractivity (Wildman–Crippen MR) is 155 cm³/mol. The first-order valence-electron chi connectivity index (χ1n) is 12.6. The van der Waals surface area contributed by atoms with Crippen LogP contribution in [-0.2, 0) is 20.2 Å². The van der Waals surface area contributed by atoms with E-state index < -0.39 is 59.8 Å². The van der Waals surface area contributed by atoms with Crippen molar-refractivity contribution in [1.29, 1.82) is 0 Å². The highest BCUT2D eigenvalue weighted by Gasteiger charge is 2.41. The van der Waals surface area contributed by atoms with E-state index in [4.69, 9.17) is 11.5 Å². The average molecular weight is 637 g/mol. The number of nitrogen functional groups attached to an aromatic ring is 1. The maximum Gasteiger partial charge on any atom is 0.295 e. The third kappa shape index (κ3) is 4.19. The Kier molecular flexibility index (Phi) is 6.28. The molecule has 0 aromatic heterocycles. The van der Waals surface area contributed by atoms with Crippen molar-refractivity contribution in [2.45, 2.75) is 22.9 Å². The quantitative estimate of drug-likeness (QED) is 0.140. The molecule has 16 heteroatoms. The van der Waals surface area contributed by atoms with Crippen molar-refractivity contribution < 1.29 is 45.1 Å². The van der Waals surface area contributed by atoms with Crippen molar-refractivity contribution in [3.8, 4) is 11.1 Å². The van der Waals surface area contributed by atoms with Gasteiger partial charge in [0.25, 0.3) is 43.9 Å². The molecule has 6 rings (SSSR count). The Labute approximate surface area is 249 Å². The minimum atomic E-state index is -5.13. The van der Waals surface area contributed by atoms with E-state index >= 15 is 0 Å². The maximum absolute atomic E-state index is 13.8. The van der Waals surface area contributed by atoms with Gasteiger partial charge < -0.3 is 11.5 Å². The number of rotatable bonds is 5. The summed E-state index contributed by atoms with van der Waals surface area (Å²) in [7, 11) is -10.1. The van der Waals surface area contributed by atoms with E-state index in [1.54, 1.807) is 0 Å². The van der Waals surface area contributed by atoms with Crippen LogP contribution in [0.4, 0.5) is 11.4 Å². The molecule has 6 N–H and O–H groups in total. The number of hydrogen-bond acceptors (Lipinski definition) is 10. The number of nitrogens with two attached hydrogens (primary N) is 2. The molecule has 4 aromatic carbocycles. The predicted octanol–water partition coefficient (Wildman–Crippen LogP) is 2.28. The van der Waals surface area contributed by atoms with E-state index in [-0.39, 0.29) is 55.5 Å². The molecule has 4 aromatic rings. The number of imide groups is 2. The summed E-state index contributed by atoms with van der Waals surface area (Å²) >= 11 is 0. The Hall–Kier alpha value is -5.00. The summed E-state index contributed by atoms with van der Waals surface area (Å²) in [6.07, 6.45) is -0.953. The van der Waals surface area contributed by atoms with Gasteiger partial charge in [0, 0.05) is 49.8 Å². The molecule has 224 valence electrons. The highest BCUT2D eigenvalue weighted by Crippen LogP contribution is 2.41. The van der Waals surface area contributed by atoms with Crippen LogP contribution in [0, 0.1) is 0 Å². The van der Waals surface area contributed by atoms with Crippen molar-refractivity contribution in [3.05, 3.63) is 82.9 Å². The molecule has 0 saturated carbocycles. The fourth-order valence-corrected chi connectivity index (χ4v) is 7.03. The summed E-state index contributed by atoms with van der Waals surface area (Å²) in [6, 6.07) is 11.5. The molecule has 0 fully saturated rings. The molecule has 0 bridgehead atoms. The van der Waals surface area contributed by atoms with Gasteiger partial charge in [-0.2, -0.15) is 16.8 Å². The van der Waals surface area contributed by atoms with E-state index in [1.165, 1.54) is 37.3 Å². The van der Waals surface area contributed by atoms with Crippen LogP contribution in [0.5, 0.6) is 0 Å². The molecule has 0 aliphatic carbocycles. The third-order valence-electron chi connectivity index (χ3n) is 7.41. The van der Waals surface area contributed by atoms with Crippen LogP contribution in [-0.4, -0.2) is 60.6 Å². The van der Waals surface area contributed by atoms with Gasteiger partial charge in [0.05, 0.1) is 11.9 Å². The standard InChI is InChI=1S/C28H20N4O10S2/c1-12(29)31-25(33)17-6-8-19-24-20(9-7-18(23(17)24)26(31)34)28(36)32(27(19)35)14-3-5-16(22(11-14)44(40,41)42)15-4-2-13(30)10-21(15)43(37,38)39/h2-12H,29-30H2,1H3,(H,37,38,39)(H,40,41,42). The topological polar surface area (TPSA) is 236 Å². The zero-order chi connectivity index (χ0) is 32.0. The van der Waals surface area contributed by atoms with Crippen LogP contribution >= 0.6 is 0 Å². The zero-order valence-corrected chi connectivity index (χ0v) is 24.0. The van der Waals surface area contributed by atoms with E-state index in [9.17, 15) is 45.1 Å². The molecule has 14 nitrogen and oxygen atoms in total. The van der Waals surface area contributed by atoms with Crippen LogP contribution in [0.3, 0.4) is 0 Å². The number of nitrogens with zero attached hydrogens (tertiary/aromatic N) is 2. The largest absolute Gasteiger partial charge is 0.399 e. The monoisotopic (exact) mass is 636 g/mol. The summed E-state index contributed by atoms with van der Waals surface area (Å²) in [6.45, 7) is 1.46. The lowest BCUT2D eigenvalue weighted by molar-refractivity contribution is 0.0554. The number of carbonyl (C=O) groups excluding carboxylic acids is 4. The molecule has 1 unspecified atom stereocenters. The lowest BCUT2D eigenvalue weighted by Gasteiger charge is -2.33. The number of benzene rings is 4. The summed E-state index contributed by atoms with van der Waals surface area (Å²) in [5.74, 6) is -3.27. The van der Waals surface area contributed by atoms with Gasteiger partial charge in [-0.15, -0.1) is 0 Å². The first kappa shape index (κ1) is 29.1. The minimum Gasteiger partial charge on any atom is -0.399 e. The number of amides is 4. The van der Waals surface area contributed by atoms with E-state index in [0.717, 1.165) is 35.2 Å². The molecule has 1 atom stereocenters. The third-order valence-corrected chi connectivity index (χ3v) is 9.20. The molecular weight excluding hydrogens is 616 g/mol. The number of anilines is 2. The Bertz CT molecular complexity index is 2190. The van der Waals surface area contributed by atoms with Crippen LogP contribution in [0.2, 0.25) is 0 Å². The molecule has 2 aliphatic heterocycles. The van der Waals surface area contributed by atoms with Crippen LogP contribution in [0.15, 0.2) is 70.5 Å². The Morgan fingerprint density at radius 2 is 1.00 bits per heavy atom. The number of hydrogen-bond donors (Lipinski definition) is 4. The molecule has 4 amide bonds. The van der Waals surface area contributed by atoms with Crippen LogP contribution < -0.4 is 16.4 Å². The molecule has 2 aliphatic rings. The fourth-order valence-electron chi connectivity index (χ4n) is 5.56. The van der Waals surface area contributed by atoms with Gasteiger partial charge in [0.15, 0.2) is 0 Å². The van der Waals surface area contributed by atoms with Crippen molar-refractivity contribution in [3.63, 3.8) is 0 Å². The van der Waals surface area contributed by atoms with Gasteiger partial charge in [0.2, 0.25) is 0 Å². The minimum absolute atomic E-state index is 0.0581. The zero-order valence-electron chi connectivity index (χ0n) is 22.4. The second-order valence-electron chi connectivity index (χ2n) is 10.1. The summed E-state index contributed by atoms with van der Waals surface area (Å²) in [4.78, 5) is 53.7. The van der Waals surface area contributed by atoms with Gasteiger partial charge >= 0.3 is 0 Å². The van der Waals surface area contributed by atoms with E-state index in [0.29, 0.717) is 4.90 Å². The smallest absolute Gasteiger partial charge is 0.295 e. The molecule has 44 heavy (non-hydrogen) atoms.